The van der Waals surface area contributed by atoms with E-state index in [0.717, 1.165) is 0 Å². The predicted octanol–water partition coefficient (Wildman–Crippen LogP) is 1.02. The van der Waals surface area contributed by atoms with Gasteiger partial charge in [-0.3, -0.25) is 9.56 Å². The van der Waals surface area contributed by atoms with Crippen molar-refractivity contribution in [2.75, 3.05) is 14.1 Å². The van der Waals surface area contributed by atoms with Gasteiger partial charge in [0, 0.05) is 20.5 Å². The minimum Gasteiger partial charge on any atom is -0.285 e. The molecule has 0 radical (unpaired) electrons. The largest absolute Gasteiger partial charge is 0.297 e. The highest BCUT2D eigenvalue weighted by atomic mass is 32.2. The Morgan fingerprint density at radius 3 is 2.47 bits per heavy atom. The van der Waals surface area contributed by atoms with E-state index in [1.54, 1.807) is 26.2 Å². The standard InChI is InChI=1S/C8H13N3O3S/c1-11(2)10-9-8(15(12,13)14)6-4-3-5-7-8/h3-6H,7H2,1-2H3,(H,12,13,14). The van der Waals surface area contributed by atoms with Crippen molar-refractivity contribution < 1.29 is 13.0 Å². The first kappa shape index (κ1) is 11.9. The molecule has 1 N–H and O–H groups in total. The first-order valence-corrected chi connectivity index (χ1v) is 5.73. The van der Waals surface area contributed by atoms with Gasteiger partial charge in [-0.25, -0.2) is 0 Å². The molecule has 7 heteroatoms. The van der Waals surface area contributed by atoms with Gasteiger partial charge >= 0.3 is 0 Å². The van der Waals surface area contributed by atoms with Gasteiger partial charge in [-0.15, -0.1) is 5.11 Å². The van der Waals surface area contributed by atoms with Gasteiger partial charge in [-0.2, -0.15) is 8.42 Å². The number of rotatable bonds is 3. The van der Waals surface area contributed by atoms with Crippen molar-refractivity contribution in [1.29, 1.82) is 0 Å². The molecule has 1 aliphatic carbocycles. The monoisotopic (exact) mass is 231 g/mol. The molecule has 0 bridgehead atoms. The third-order valence-corrected chi connectivity index (χ3v) is 3.13. The molecule has 0 spiro atoms. The molecule has 0 aliphatic heterocycles. The van der Waals surface area contributed by atoms with Crippen molar-refractivity contribution in [3.05, 3.63) is 24.3 Å². The third-order valence-electron chi connectivity index (χ3n) is 1.85. The van der Waals surface area contributed by atoms with E-state index in [1.807, 2.05) is 0 Å². The summed E-state index contributed by atoms with van der Waals surface area (Å²) in [7, 11) is -1.08. The van der Waals surface area contributed by atoms with Gasteiger partial charge in [0.25, 0.3) is 10.1 Å². The summed E-state index contributed by atoms with van der Waals surface area (Å²) in [6.45, 7) is 0. The lowest BCUT2D eigenvalue weighted by Gasteiger charge is -2.22. The van der Waals surface area contributed by atoms with Crippen LogP contribution in [0.3, 0.4) is 0 Å². The van der Waals surface area contributed by atoms with Crippen molar-refractivity contribution in [2.45, 2.75) is 11.3 Å². The lowest BCUT2D eigenvalue weighted by atomic mass is 10.1. The molecular weight excluding hydrogens is 218 g/mol. The van der Waals surface area contributed by atoms with Crippen LogP contribution in [-0.4, -0.2) is 36.9 Å². The Kier molecular flexibility index (Phi) is 3.25. The van der Waals surface area contributed by atoms with Crippen LogP contribution in [0, 0.1) is 0 Å². The predicted molar refractivity (Wildman–Crippen MR) is 55.7 cm³/mol. The lowest BCUT2D eigenvalue weighted by molar-refractivity contribution is 0.373. The van der Waals surface area contributed by atoms with Crippen LogP contribution in [0.15, 0.2) is 34.6 Å². The van der Waals surface area contributed by atoms with Crippen LogP contribution in [0.2, 0.25) is 0 Å². The van der Waals surface area contributed by atoms with Gasteiger partial charge in [0.05, 0.1) is 0 Å². The van der Waals surface area contributed by atoms with Crippen LogP contribution in [-0.2, 0) is 10.1 Å². The second kappa shape index (κ2) is 4.11. The molecule has 0 saturated heterocycles. The molecule has 15 heavy (non-hydrogen) atoms. The van der Waals surface area contributed by atoms with E-state index in [-0.39, 0.29) is 6.42 Å². The Balaban J connectivity index is 3.10. The lowest BCUT2D eigenvalue weighted by Crippen LogP contribution is -2.34. The van der Waals surface area contributed by atoms with Crippen LogP contribution in [0.4, 0.5) is 0 Å². The van der Waals surface area contributed by atoms with E-state index < -0.39 is 15.0 Å². The number of allylic oxidation sites excluding steroid dienone is 2. The van der Waals surface area contributed by atoms with E-state index >= 15 is 0 Å². The van der Waals surface area contributed by atoms with Crippen molar-refractivity contribution in [3.63, 3.8) is 0 Å². The number of hydrogen-bond donors (Lipinski definition) is 1. The fourth-order valence-electron chi connectivity index (χ4n) is 1.07. The van der Waals surface area contributed by atoms with Crippen LogP contribution in [0.1, 0.15) is 6.42 Å². The average Bonchev–Trinajstić information content (AvgIpc) is 2.14. The Morgan fingerprint density at radius 2 is 2.07 bits per heavy atom. The van der Waals surface area contributed by atoms with Gasteiger partial charge in [0.15, 0.2) is 0 Å². The van der Waals surface area contributed by atoms with Crippen LogP contribution in [0.5, 0.6) is 0 Å². The van der Waals surface area contributed by atoms with Crippen LogP contribution in [0.25, 0.3) is 0 Å². The zero-order valence-electron chi connectivity index (χ0n) is 8.53. The molecule has 0 fully saturated rings. The highest BCUT2D eigenvalue weighted by molar-refractivity contribution is 7.87. The molecule has 84 valence electrons. The minimum atomic E-state index is -4.31. The fraction of sp³-hybridized carbons (Fsp3) is 0.500. The van der Waals surface area contributed by atoms with E-state index in [1.165, 1.54) is 17.2 Å². The summed E-state index contributed by atoms with van der Waals surface area (Å²) in [5, 5.41) is 8.64. The summed E-state index contributed by atoms with van der Waals surface area (Å²) in [5.41, 5.74) is 0. The van der Waals surface area contributed by atoms with E-state index in [4.69, 9.17) is 4.55 Å². The molecule has 1 rings (SSSR count). The van der Waals surface area contributed by atoms with E-state index in [2.05, 4.69) is 10.3 Å². The van der Waals surface area contributed by atoms with E-state index in [9.17, 15) is 8.42 Å². The first-order valence-electron chi connectivity index (χ1n) is 4.29. The topological polar surface area (TPSA) is 82.3 Å². The maximum absolute atomic E-state index is 11.2. The maximum atomic E-state index is 11.2. The van der Waals surface area contributed by atoms with Crippen molar-refractivity contribution >= 4 is 10.1 Å². The SMILES string of the molecule is CN(C)N=NC1(S(=O)(=O)O)C=CC=CC1. The highest BCUT2D eigenvalue weighted by Crippen LogP contribution is 2.28. The molecule has 0 aromatic carbocycles. The van der Waals surface area contributed by atoms with Gasteiger partial charge in [0.1, 0.15) is 0 Å². The van der Waals surface area contributed by atoms with Gasteiger partial charge in [-0.1, -0.05) is 23.5 Å². The quantitative estimate of drug-likeness (QED) is 0.446. The van der Waals surface area contributed by atoms with Crippen molar-refractivity contribution in [1.82, 2.24) is 5.01 Å². The summed E-state index contributed by atoms with van der Waals surface area (Å²) in [6.07, 6.45) is 6.22. The summed E-state index contributed by atoms with van der Waals surface area (Å²) in [6, 6.07) is 0. The summed E-state index contributed by atoms with van der Waals surface area (Å²) >= 11 is 0. The first-order chi connectivity index (χ1) is 6.87. The smallest absolute Gasteiger partial charge is 0.285 e. The molecule has 0 amide bonds. The molecular formula is C8H13N3O3S. The second-order valence-corrected chi connectivity index (χ2v) is 5.01. The zero-order chi connectivity index (χ0) is 11.5. The summed E-state index contributed by atoms with van der Waals surface area (Å²) < 4.78 is 31.6. The van der Waals surface area contributed by atoms with Crippen LogP contribution >= 0.6 is 0 Å². The Morgan fingerprint density at radius 1 is 1.40 bits per heavy atom. The van der Waals surface area contributed by atoms with Crippen molar-refractivity contribution in [2.24, 2.45) is 10.3 Å². The normalized spacial score (nSPS) is 26.1. The maximum Gasteiger partial charge on any atom is 0.297 e. The fourth-order valence-corrected chi connectivity index (χ4v) is 1.77. The van der Waals surface area contributed by atoms with Gasteiger partial charge < -0.3 is 0 Å². The average molecular weight is 231 g/mol. The highest BCUT2D eigenvalue weighted by Gasteiger charge is 2.41. The molecule has 0 saturated carbocycles. The molecule has 0 heterocycles. The Bertz CT molecular complexity index is 411. The molecule has 0 aromatic heterocycles. The van der Waals surface area contributed by atoms with E-state index in [0.29, 0.717) is 0 Å². The second-order valence-electron chi connectivity index (χ2n) is 3.35. The molecule has 1 atom stereocenters. The van der Waals surface area contributed by atoms with Gasteiger partial charge in [0.2, 0.25) is 4.87 Å². The third kappa shape index (κ3) is 2.63. The summed E-state index contributed by atoms with van der Waals surface area (Å²) in [5.74, 6) is 0. The Labute approximate surface area is 88.7 Å². The Hall–Kier alpha value is -1.21. The molecule has 1 aliphatic rings. The molecule has 1 unspecified atom stereocenters. The van der Waals surface area contributed by atoms with Crippen molar-refractivity contribution in [3.8, 4) is 0 Å². The number of nitrogens with zero attached hydrogens (tertiary/aromatic N) is 3. The molecule has 0 aromatic rings. The summed E-state index contributed by atoms with van der Waals surface area (Å²) in [4.78, 5) is -1.67. The minimum absolute atomic E-state index is 0.0830. The van der Waals surface area contributed by atoms with Gasteiger partial charge in [-0.05, 0) is 6.08 Å². The van der Waals surface area contributed by atoms with Crippen LogP contribution < -0.4 is 0 Å². The number of hydrogen-bond acceptors (Lipinski definition) is 4. The molecule has 6 nitrogen and oxygen atoms in total. The zero-order valence-corrected chi connectivity index (χ0v) is 9.35.